The van der Waals surface area contributed by atoms with Gasteiger partial charge in [-0.05, 0) is 42.8 Å². The first kappa shape index (κ1) is 21.5. The van der Waals surface area contributed by atoms with Crippen LogP contribution in [0.4, 0.5) is 0 Å². The average molecular weight is 443 g/mol. The molecule has 3 amide bonds. The van der Waals surface area contributed by atoms with E-state index in [-0.39, 0.29) is 16.8 Å². The molecule has 0 atom stereocenters. The molecule has 1 aromatic heterocycles. The predicted molar refractivity (Wildman–Crippen MR) is 117 cm³/mol. The molecule has 2 N–H and O–H groups in total. The summed E-state index contributed by atoms with van der Waals surface area (Å²) in [4.78, 5) is 42.2. The first-order valence-corrected chi connectivity index (χ1v) is 10.2. The molecular weight excluding hydrogens is 424 g/mol. The molecule has 0 bridgehead atoms. The Labute approximate surface area is 182 Å². The van der Waals surface area contributed by atoms with Crippen LogP contribution >= 0.6 is 24.0 Å². The highest BCUT2D eigenvalue weighted by molar-refractivity contribution is 8.26. The monoisotopic (exact) mass is 442 g/mol. The van der Waals surface area contributed by atoms with Crippen molar-refractivity contribution in [3.63, 3.8) is 0 Å². The number of thioether (sulfide) groups is 1. The molecule has 30 heavy (non-hydrogen) atoms. The molecule has 1 aliphatic rings. The topological polar surface area (TPSA) is 101 Å². The highest BCUT2D eigenvalue weighted by Gasteiger charge is 2.33. The maximum absolute atomic E-state index is 12.6. The number of nitrogens with zero attached hydrogens (tertiary/aromatic N) is 2. The smallest absolute Gasteiger partial charge is 0.269 e. The summed E-state index contributed by atoms with van der Waals surface area (Å²) in [6.45, 7) is 2.17. The summed E-state index contributed by atoms with van der Waals surface area (Å²) in [5.74, 6) is -0.690. The van der Waals surface area contributed by atoms with Crippen LogP contribution in [0, 0.1) is 0 Å². The van der Waals surface area contributed by atoms with E-state index in [0.29, 0.717) is 17.1 Å². The van der Waals surface area contributed by atoms with E-state index >= 15 is 0 Å². The lowest BCUT2D eigenvalue weighted by atomic mass is 10.2. The molecule has 8 nitrogen and oxygen atoms in total. The molecule has 0 unspecified atom stereocenters. The molecule has 2 aromatic rings. The highest BCUT2D eigenvalue weighted by atomic mass is 32.2. The highest BCUT2D eigenvalue weighted by Crippen LogP contribution is 2.32. The quantitative estimate of drug-likeness (QED) is 0.402. The van der Waals surface area contributed by atoms with Crippen molar-refractivity contribution in [3.8, 4) is 5.75 Å². The number of carbonyl (C=O) groups is 3. The van der Waals surface area contributed by atoms with Crippen LogP contribution in [-0.2, 0) is 9.59 Å². The second-order valence-electron chi connectivity index (χ2n) is 6.01. The third-order valence-corrected chi connectivity index (χ3v) is 5.30. The number of hydrazine groups is 1. The van der Waals surface area contributed by atoms with Crippen molar-refractivity contribution in [1.82, 2.24) is 20.7 Å². The number of hydrogen-bond donors (Lipinski definition) is 2. The van der Waals surface area contributed by atoms with E-state index in [1.54, 1.807) is 6.08 Å². The van der Waals surface area contributed by atoms with Crippen molar-refractivity contribution < 1.29 is 19.1 Å². The number of pyridine rings is 1. The van der Waals surface area contributed by atoms with Gasteiger partial charge in [-0.25, -0.2) is 0 Å². The van der Waals surface area contributed by atoms with E-state index < -0.39 is 11.8 Å². The Bertz CT molecular complexity index is 994. The molecule has 1 aromatic carbocycles. The van der Waals surface area contributed by atoms with Gasteiger partial charge in [0.2, 0.25) is 0 Å². The van der Waals surface area contributed by atoms with E-state index in [4.69, 9.17) is 17.0 Å². The van der Waals surface area contributed by atoms with E-state index in [2.05, 4.69) is 15.8 Å². The number of hydrogen-bond acceptors (Lipinski definition) is 7. The van der Waals surface area contributed by atoms with Gasteiger partial charge in [-0.2, -0.15) is 0 Å². The molecule has 0 aliphatic carbocycles. The minimum Gasteiger partial charge on any atom is -0.494 e. The SMILES string of the molecule is CCOc1ccc(C=C2SC(=S)N(CC(=O)NNC(=O)c3ccncc3)C2=O)cc1. The van der Waals surface area contributed by atoms with Gasteiger partial charge in [0, 0.05) is 18.0 Å². The van der Waals surface area contributed by atoms with Gasteiger partial charge in [-0.3, -0.25) is 35.1 Å². The van der Waals surface area contributed by atoms with Gasteiger partial charge < -0.3 is 4.74 Å². The zero-order valence-corrected chi connectivity index (χ0v) is 17.6. The van der Waals surface area contributed by atoms with Crippen LogP contribution in [-0.4, -0.2) is 45.1 Å². The Kier molecular flexibility index (Phi) is 7.15. The Morgan fingerprint density at radius 2 is 1.87 bits per heavy atom. The van der Waals surface area contributed by atoms with E-state index in [1.807, 2.05) is 31.2 Å². The summed E-state index contributed by atoms with van der Waals surface area (Å²) in [7, 11) is 0. The maximum Gasteiger partial charge on any atom is 0.269 e. The Morgan fingerprint density at radius 1 is 1.17 bits per heavy atom. The molecule has 0 radical (unpaired) electrons. The molecular formula is C20H18N4O4S2. The number of thiocarbonyl (C=S) groups is 1. The number of nitrogens with one attached hydrogen (secondary N) is 2. The molecule has 154 valence electrons. The van der Waals surface area contributed by atoms with Crippen LogP contribution in [0.2, 0.25) is 0 Å². The lowest BCUT2D eigenvalue weighted by molar-refractivity contribution is -0.129. The second-order valence-corrected chi connectivity index (χ2v) is 7.68. The third kappa shape index (κ3) is 5.43. The largest absolute Gasteiger partial charge is 0.494 e. The van der Waals surface area contributed by atoms with Gasteiger partial charge in [-0.1, -0.05) is 36.1 Å². The standard InChI is InChI=1S/C20H18N4O4S2/c1-2-28-15-5-3-13(4-6-15)11-16-19(27)24(20(29)30-16)12-17(25)22-23-18(26)14-7-9-21-10-8-14/h3-11H,2,12H2,1H3,(H,22,25)(H,23,26). The van der Waals surface area contributed by atoms with E-state index in [0.717, 1.165) is 23.1 Å². The first-order valence-electron chi connectivity index (χ1n) is 8.95. The van der Waals surface area contributed by atoms with Crippen LogP contribution in [0.15, 0.2) is 53.7 Å². The molecule has 2 heterocycles. The van der Waals surface area contributed by atoms with Crippen LogP contribution in [0.3, 0.4) is 0 Å². The van der Waals surface area contributed by atoms with Gasteiger partial charge in [0.15, 0.2) is 0 Å². The lowest BCUT2D eigenvalue weighted by Gasteiger charge is -2.14. The van der Waals surface area contributed by atoms with Crippen LogP contribution in [0.1, 0.15) is 22.8 Å². The predicted octanol–water partition coefficient (Wildman–Crippen LogP) is 2.14. The summed E-state index contributed by atoms with van der Waals surface area (Å²) in [6, 6.07) is 10.3. The van der Waals surface area contributed by atoms with Crippen molar-refractivity contribution in [2.45, 2.75) is 6.92 Å². The summed E-state index contributed by atoms with van der Waals surface area (Å²) in [6.07, 6.45) is 4.64. The van der Waals surface area contributed by atoms with Gasteiger partial charge in [0.25, 0.3) is 17.7 Å². The van der Waals surface area contributed by atoms with Gasteiger partial charge >= 0.3 is 0 Å². The van der Waals surface area contributed by atoms with Crippen LogP contribution in [0.25, 0.3) is 6.08 Å². The van der Waals surface area contributed by atoms with Crippen molar-refractivity contribution in [2.75, 3.05) is 13.2 Å². The molecule has 1 fully saturated rings. The zero-order valence-electron chi connectivity index (χ0n) is 16.0. The first-order chi connectivity index (χ1) is 14.5. The summed E-state index contributed by atoms with van der Waals surface area (Å²) in [5.41, 5.74) is 5.72. The minimum absolute atomic E-state index is 0.271. The van der Waals surface area contributed by atoms with Crippen molar-refractivity contribution in [3.05, 3.63) is 64.8 Å². The second kappa shape index (κ2) is 9.99. The number of benzene rings is 1. The van der Waals surface area contributed by atoms with Gasteiger partial charge in [0.1, 0.15) is 16.6 Å². The van der Waals surface area contributed by atoms with E-state index in [9.17, 15) is 14.4 Å². The van der Waals surface area contributed by atoms with Gasteiger partial charge in [-0.15, -0.1) is 0 Å². The maximum atomic E-state index is 12.6. The summed E-state index contributed by atoms with van der Waals surface area (Å²) >= 11 is 6.35. The lowest BCUT2D eigenvalue weighted by Crippen LogP contribution is -2.47. The molecule has 1 saturated heterocycles. The molecule has 1 aliphatic heterocycles. The number of rotatable bonds is 6. The van der Waals surface area contributed by atoms with E-state index in [1.165, 1.54) is 29.4 Å². The molecule has 0 spiro atoms. The Balaban J connectivity index is 1.57. The Morgan fingerprint density at radius 3 is 2.53 bits per heavy atom. The van der Waals surface area contributed by atoms with Crippen LogP contribution < -0.4 is 15.6 Å². The van der Waals surface area contributed by atoms with Gasteiger partial charge in [0.05, 0.1) is 11.5 Å². The fraction of sp³-hybridized carbons (Fsp3) is 0.150. The third-order valence-electron chi connectivity index (χ3n) is 3.92. The summed E-state index contributed by atoms with van der Waals surface area (Å²) in [5, 5.41) is 0. The average Bonchev–Trinajstić information content (AvgIpc) is 3.01. The number of carbonyl (C=O) groups excluding carboxylic acids is 3. The molecule has 0 saturated carbocycles. The normalized spacial score (nSPS) is 14.7. The summed E-state index contributed by atoms with van der Waals surface area (Å²) < 4.78 is 5.67. The number of aromatic nitrogens is 1. The minimum atomic E-state index is -0.573. The van der Waals surface area contributed by atoms with Crippen molar-refractivity contribution in [2.24, 2.45) is 0 Å². The number of amides is 3. The zero-order chi connectivity index (χ0) is 21.5. The van der Waals surface area contributed by atoms with Crippen LogP contribution in [0.5, 0.6) is 5.75 Å². The molecule has 3 rings (SSSR count). The Hall–Kier alpha value is -3.24. The van der Waals surface area contributed by atoms with Crippen molar-refractivity contribution >= 4 is 52.1 Å². The molecule has 10 heteroatoms. The number of ether oxygens (including phenoxy) is 1. The fourth-order valence-corrected chi connectivity index (χ4v) is 3.75. The fourth-order valence-electron chi connectivity index (χ4n) is 2.50. The van der Waals surface area contributed by atoms with Crippen molar-refractivity contribution in [1.29, 1.82) is 0 Å².